The van der Waals surface area contributed by atoms with Gasteiger partial charge < -0.3 is 33.4 Å². The number of pyridine rings is 1. The number of halogens is 1. The van der Waals surface area contributed by atoms with Crippen molar-refractivity contribution < 1.29 is 33.3 Å². The average molecular weight is 862 g/mol. The Bertz CT molecular complexity index is 2660. The molecule has 5 heterocycles. The van der Waals surface area contributed by atoms with E-state index in [1.165, 1.54) is 0 Å². The molecule has 0 spiro atoms. The lowest BCUT2D eigenvalue weighted by atomic mass is 9.95. The first-order valence-electron chi connectivity index (χ1n) is 19.8. The molecule has 61 heavy (non-hydrogen) atoms. The molecule has 4 aromatic heterocycles. The highest BCUT2D eigenvalue weighted by Crippen LogP contribution is 2.46. The SMILES string of the molecule is COc1ccccc1-c1nccc(COc2ccccc2CC(Oc2nsc3cnc(-c4cnc(C)o4)c(-c4ccc(OCCN5CCN(C)CC5)c(Cl)c4C)c23)C(=O)O)n1. The molecule has 16 heteroatoms. The van der Waals surface area contributed by atoms with E-state index >= 15 is 0 Å². The number of hydrogen-bond donors (Lipinski definition) is 1. The van der Waals surface area contributed by atoms with Crippen LogP contribution in [-0.4, -0.2) is 105 Å². The number of nitrogens with zero attached hydrogens (tertiary/aromatic N) is 7. The number of methoxy groups -OCH3 is 1. The number of piperazine rings is 1. The number of hydrogen-bond acceptors (Lipinski definition) is 14. The third kappa shape index (κ3) is 9.30. The van der Waals surface area contributed by atoms with E-state index in [4.69, 9.17) is 44.9 Å². The predicted molar refractivity (Wildman–Crippen MR) is 233 cm³/mol. The zero-order valence-corrected chi connectivity index (χ0v) is 35.7. The van der Waals surface area contributed by atoms with Gasteiger partial charge in [0.05, 0.1) is 39.7 Å². The Morgan fingerprint density at radius 1 is 0.918 bits per heavy atom. The van der Waals surface area contributed by atoms with E-state index in [2.05, 4.69) is 31.2 Å². The quantitative estimate of drug-likeness (QED) is 0.0995. The van der Waals surface area contributed by atoms with Crippen molar-refractivity contribution >= 4 is 39.2 Å². The normalized spacial score (nSPS) is 13.9. The number of oxazole rings is 1. The van der Waals surface area contributed by atoms with Crippen LogP contribution >= 0.6 is 23.1 Å². The molecule has 0 radical (unpaired) electrons. The first-order chi connectivity index (χ1) is 29.7. The molecular weight excluding hydrogens is 818 g/mol. The molecular formula is C45H44ClN7O7S. The summed E-state index contributed by atoms with van der Waals surface area (Å²) in [6.07, 6.45) is 3.58. The number of carbonyl (C=O) groups is 1. The number of aliphatic carboxylic acids is 1. The van der Waals surface area contributed by atoms with E-state index in [1.54, 1.807) is 44.8 Å². The second kappa shape index (κ2) is 18.6. The summed E-state index contributed by atoms with van der Waals surface area (Å²) in [5.74, 6) is 2.05. The number of likely N-dealkylation sites (N-methyl/N-ethyl adjacent to an activating group) is 1. The summed E-state index contributed by atoms with van der Waals surface area (Å²) < 4.78 is 35.7. The Morgan fingerprint density at radius 3 is 2.48 bits per heavy atom. The molecule has 1 fully saturated rings. The van der Waals surface area contributed by atoms with Crippen LogP contribution in [0.15, 0.2) is 89.7 Å². The highest BCUT2D eigenvalue weighted by Gasteiger charge is 2.29. The molecule has 14 nitrogen and oxygen atoms in total. The fourth-order valence-corrected chi connectivity index (χ4v) is 8.14. The highest BCUT2D eigenvalue weighted by atomic mass is 35.5. The Kier molecular flexibility index (Phi) is 12.7. The van der Waals surface area contributed by atoms with Crippen LogP contribution in [0.25, 0.3) is 44.1 Å². The predicted octanol–water partition coefficient (Wildman–Crippen LogP) is 8.03. The standard InChI is InChI=1S/C45H44ClN7O7S/c1-27-31(13-14-35(41(27)46)57-22-21-53-19-17-52(3)18-20-53)39-40-38(25-49-42(39)37-24-48-28(2)59-37)61-51-44(40)60-36(45(54)55)23-29-9-5-7-11-33(29)58-26-30-15-16-47-43(50-30)32-10-6-8-12-34(32)56-4/h5-16,24-25,36H,17-23,26H2,1-4H3,(H,54,55). The molecule has 7 aromatic rings. The Morgan fingerprint density at radius 2 is 1.70 bits per heavy atom. The van der Waals surface area contributed by atoms with Crippen LogP contribution in [0, 0.1) is 13.8 Å². The van der Waals surface area contributed by atoms with E-state index in [-0.39, 0.29) is 18.9 Å². The molecule has 1 N–H and O–H groups in total. The monoisotopic (exact) mass is 861 g/mol. The third-order valence-electron chi connectivity index (χ3n) is 10.6. The lowest BCUT2D eigenvalue weighted by molar-refractivity contribution is -0.145. The molecule has 0 amide bonds. The summed E-state index contributed by atoms with van der Waals surface area (Å²) >= 11 is 8.21. The minimum absolute atomic E-state index is 0.0274. The lowest BCUT2D eigenvalue weighted by Crippen LogP contribution is -2.45. The van der Waals surface area contributed by atoms with Gasteiger partial charge in [-0.15, -0.1) is 0 Å². The van der Waals surface area contributed by atoms with Crippen molar-refractivity contribution in [2.45, 2.75) is 33.0 Å². The van der Waals surface area contributed by atoms with Crippen molar-refractivity contribution in [2.24, 2.45) is 0 Å². The molecule has 1 atom stereocenters. The number of rotatable bonds is 16. The van der Waals surface area contributed by atoms with Gasteiger partial charge in [0, 0.05) is 64.0 Å². The maximum atomic E-state index is 13.0. The number of fused-ring (bicyclic) bond motifs is 1. The summed E-state index contributed by atoms with van der Waals surface area (Å²) in [6.45, 7) is 9.09. The number of carboxylic acid groups (broad SMARTS) is 1. The van der Waals surface area contributed by atoms with Crippen molar-refractivity contribution in [3.63, 3.8) is 0 Å². The molecule has 1 unspecified atom stereocenters. The Labute approximate surface area is 361 Å². The summed E-state index contributed by atoms with van der Waals surface area (Å²) in [6, 6.07) is 20.3. The number of ether oxygens (including phenoxy) is 4. The lowest BCUT2D eigenvalue weighted by Gasteiger charge is -2.32. The van der Waals surface area contributed by atoms with Gasteiger partial charge in [-0.1, -0.05) is 48.0 Å². The number of carboxylic acids is 1. The molecule has 1 saturated heterocycles. The van der Waals surface area contributed by atoms with Crippen molar-refractivity contribution in [1.29, 1.82) is 0 Å². The minimum atomic E-state index is -1.34. The van der Waals surface area contributed by atoms with E-state index in [1.807, 2.05) is 61.5 Å². The van der Waals surface area contributed by atoms with Crippen LogP contribution in [0.1, 0.15) is 22.7 Å². The fraction of sp³-hybridized carbons (Fsp3) is 0.289. The van der Waals surface area contributed by atoms with Crippen LogP contribution in [-0.2, 0) is 17.8 Å². The second-order valence-corrected chi connectivity index (χ2v) is 15.8. The van der Waals surface area contributed by atoms with Crippen LogP contribution in [0.3, 0.4) is 0 Å². The van der Waals surface area contributed by atoms with Crippen molar-refractivity contribution in [1.82, 2.24) is 34.1 Å². The Balaban J connectivity index is 1.07. The zero-order chi connectivity index (χ0) is 42.5. The zero-order valence-electron chi connectivity index (χ0n) is 34.1. The average Bonchev–Trinajstić information content (AvgIpc) is 3.90. The van der Waals surface area contributed by atoms with Crippen LogP contribution in [0.5, 0.6) is 23.1 Å². The fourth-order valence-electron chi connectivity index (χ4n) is 7.23. The molecule has 1 aliphatic rings. The molecule has 1 aliphatic heterocycles. The second-order valence-electron chi connectivity index (χ2n) is 14.6. The van der Waals surface area contributed by atoms with Gasteiger partial charge in [0.1, 0.15) is 36.2 Å². The number of aromatic nitrogens is 5. The maximum Gasteiger partial charge on any atom is 0.345 e. The van der Waals surface area contributed by atoms with Gasteiger partial charge in [0.15, 0.2) is 17.5 Å². The van der Waals surface area contributed by atoms with Gasteiger partial charge in [-0.25, -0.2) is 19.7 Å². The Hall–Kier alpha value is -6.13. The van der Waals surface area contributed by atoms with E-state index in [9.17, 15) is 9.90 Å². The summed E-state index contributed by atoms with van der Waals surface area (Å²) in [4.78, 5) is 35.9. The van der Waals surface area contributed by atoms with E-state index in [0.717, 1.165) is 60.9 Å². The molecule has 314 valence electrons. The van der Waals surface area contributed by atoms with Gasteiger partial charge in [0.25, 0.3) is 0 Å². The number of para-hydroxylation sites is 2. The first kappa shape index (κ1) is 41.6. The van der Waals surface area contributed by atoms with Crippen molar-refractivity contribution in [3.8, 4) is 57.1 Å². The summed E-state index contributed by atoms with van der Waals surface area (Å²) in [5.41, 5.74) is 4.57. The van der Waals surface area contributed by atoms with Gasteiger partial charge in [0.2, 0.25) is 12.0 Å². The van der Waals surface area contributed by atoms with Gasteiger partial charge in [-0.05, 0) is 72.5 Å². The molecule has 0 saturated carbocycles. The maximum absolute atomic E-state index is 13.0. The van der Waals surface area contributed by atoms with Gasteiger partial charge in [-0.3, -0.25) is 9.88 Å². The molecule has 0 aliphatic carbocycles. The largest absolute Gasteiger partial charge is 0.496 e. The molecule has 8 rings (SSSR count). The number of aryl methyl sites for hydroxylation is 1. The third-order valence-corrected chi connectivity index (χ3v) is 11.8. The van der Waals surface area contributed by atoms with Crippen molar-refractivity contribution in [2.75, 3.05) is 53.5 Å². The summed E-state index contributed by atoms with van der Waals surface area (Å²) in [5, 5.41) is 11.6. The smallest absolute Gasteiger partial charge is 0.345 e. The first-order valence-corrected chi connectivity index (χ1v) is 20.9. The highest BCUT2D eigenvalue weighted by molar-refractivity contribution is 7.13. The number of benzene rings is 3. The van der Waals surface area contributed by atoms with Crippen LogP contribution < -0.4 is 18.9 Å². The minimum Gasteiger partial charge on any atom is -0.496 e. The van der Waals surface area contributed by atoms with Crippen molar-refractivity contribution in [3.05, 3.63) is 113 Å². The molecule has 0 bridgehead atoms. The van der Waals surface area contributed by atoms with Crippen LogP contribution in [0.2, 0.25) is 5.02 Å². The topological polar surface area (TPSA) is 158 Å². The molecule has 3 aromatic carbocycles. The summed E-state index contributed by atoms with van der Waals surface area (Å²) in [7, 11) is 3.73. The van der Waals surface area contributed by atoms with E-state index < -0.39 is 12.1 Å². The van der Waals surface area contributed by atoms with E-state index in [0.29, 0.717) is 79.0 Å². The van der Waals surface area contributed by atoms with Gasteiger partial charge >= 0.3 is 5.97 Å². The van der Waals surface area contributed by atoms with Crippen LogP contribution in [0.4, 0.5) is 0 Å². The van der Waals surface area contributed by atoms with Gasteiger partial charge in [-0.2, -0.15) is 4.37 Å².